The predicted molar refractivity (Wildman–Crippen MR) is 82.9 cm³/mol. The zero-order chi connectivity index (χ0) is 13.0. The maximum atomic E-state index is 11.9. The smallest absolute Gasteiger partial charge is 0.228 e. The fourth-order valence-electron chi connectivity index (χ4n) is 1.54. The van der Waals surface area contributed by atoms with Crippen LogP contribution in [0.15, 0.2) is 48.5 Å². The van der Waals surface area contributed by atoms with Crippen molar-refractivity contribution < 1.29 is 4.79 Å². The van der Waals surface area contributed by atoms with Crippen molar-refractivity contribution in [3.05, 3.63) is 62.7 Å². The summed E-state index contributed by atoms with van der Waals surface area (Å²) in [4.78, 5) is 11.9. The Bertz CT molecular complexity index is 554. The van der Waals surface area contributed by atoms with Crippen LogP contribution in [0.5, 0.6) is 0 Å². The second-order valence-corrected chi connectivity index (χ2v) is 5.43. The molecule has 1 amide bonds. The van der Waals surface area contributed by atoms with Crippen molar-refractivity contribution in [3.63, 3.8) is 0 Å². The van der Waals surface area contributed by atoms with E-state index in [1.54, 1.807) is 12.1 Å². The summed E-state index contributed by atoms with van der Waals surface area (Å²) in [6.07, 6.45) is 0.349. The fourth-order valence-corrected chi connectivity index (χ4v) is 2.19. The first-order chi connectivity index (χ1) is 8.65. The van der Waals surface area contributed by atoms with Crippen LogP contribution in [0, 0.1) is 3.57 Å². The van der Waals surface area contributed by atoms with Gasteiger partial charge in [-0.25, -0.2) is 0 Å². The topological polar surface area (TPSA) is 29.1 Å². The molecule has 2 aromatic rings. The van der Waals surface area contributed by atoms with Gasteiger partial charge in [-0.1, -0.05) is 35.9 Å². The maximum absolute atomic E-state index is 11.9. The zero-order valence-electron chi connectivity index (χ0n) is 9.49. The lowest BCUT2D eigenvalue weighted by Gasteiger charge is -2.07. The third kappa shape index (κ3) is 3.71. The number of para-hydroxylation sites is 1. The molecule has 0 fully saturated rings. The van der Waals surface area contributed by atoms with Gasteiger partial charge in [0.1, 0.15) is 0 Å². The molecule has 0 bridgehead atoms. The first-order valence-corrected chi connectivity index (χ1v) is 6.89. The van der Waals surface area contributed by atoms with Crippen molar-refractivity contribution in [2.45, 2.75) is 6.42 Å². The highest BCUT2D eigenvalue weighted by Gasteiger charge is 2.06. The molecule has 18 heavy (non-hydrogen) atoms. The summed E-state index contributed by atoms with van der Waals surface area (Å²) in [7, 11) is 0. The van der Waals surface area contributed by atoms with Crippen molar-refractivity contribution in [3.8, 4) is 0 Å². The van der Waals surface area contributed by atoms with Gasteiger partial charge in [-0.15, -0.1) is 0 Å². The van der Waals surface area contributed by atoms with Gasteiger partial charge in [0.05, 0.1) is 12.1 Å². The second-order valence-electron chi connectivity index (χ2n) is 3.83. The minimum Gasteiger partial charge on any atom is -0.325 e. The number of anilines is 1. The van der Waals surface area contributed by atoms with Crippen LogP contribution in [-0.2, 0) is 11.2 Å². The minimum atomic E-state index is -0.0264. The van der Waals surface area contributed by atoms with Crippen LogP contribution in [0.4, 0.5) is 5.69 Å². The molecular formula is C14H11ClINO. The van der Waals surface area contributed by atoms with Crippen LogP contribution in [0.1, 0.15) is 5.56 Å². The van der Waals surface area contributed by atoms with Crippen LogP contribution in [0.2, 0.25) is 5.02 Å². The number of carbonyl (C=O) groups excluding carboxylic acids is 1. The highest BCUT2D eigenvalue weighted by Crippen LogP contribution is 2.17. The maximum Gasteiger partial charge on any atom is 0.228 e. The second kappa shape index (κ2) is 6.20. The number of amides is 1. The summed E-state index contributed by atoms with van der Waals surface area (Å²) >= 11 is 7.99. The largest absolute Gasteiger partial charge is 0.325 e. The van der Waals surface area contributed by atoms with Crippen molar-refractivity contribution in [1.82, 2.24) is 0 Å². The lowest BCUT2D eigenvalue weighted by atomic mass is 10.1. The Morgan fingerprint density at radius 2 is 1.78 bits per heavy atom. The molecule has 0 radical (unpaired) electrons. The number of carbonyl (C=O) groups is 1. The summed E-state index contributed by atoms with van der Waals surface area (Å²) in [5, 5.41) is 3.57. The minimum absolute atomic E-state index is 0.0264. The number of benzene rings is 2. The summed E-state index contributed by atoms with van der Waals surface area (Å²) in [5.41, 5.74) is 1.79. The van der Waals surface area contributed by atoms with Gasteiger partial charge in [-0.2, -0.15) is 0 Å². The Balaban J connectivity index is 2.01. The molecule has 0 atom stereocenters. The van der Waals surface area contributed by atoms with E-state index in [0.717, 1.165) is 14.8 Å². The van der Waals surface area contributed by atoms with Gasteiger partial charge < -0.3 is 5.32 Å². The Morgan fingerprint density at radius 3 is 2.44 bits per heavy atom. The highest BCUT2D eigenvalue weighted by molar-refractivity contribution is 14.1. The molecule has 0 aliphatic heterocycles. The van der Waals surface area contributed by atoms with E-state index in [0.29, 0.717) is 11.4 Å². The van der Waals surface area contributed by atoms with E-state index in [4.69, 9.17) is 11.6 Å². The van der Waals surface area contributed by atoms with Crippen LogP contribution in [0.25, 0.3) is 0 Å². The predicted octanol–water partition coefficient (Wildman–Crippen LogP) is 4.13. The molecule has 0 aromatic heterocycles. The fraction of sp³-hybridized carbons (Fsp3) is 0.0714. The van der Waals surface area contributed by atoms with E-state index in [1.807, 2.05) is 36.4 Å². The van der Waals surface area contributed by atoms with E-state index in [-0.39, 0.29) is 5.91 Å². The van der Waals surface area contributed by atoms with Gasteiger partial charge in [-0.05, 0) is 52.4 Å². The Kier molecular flexibility index (Phi) is 4.60. The molecule has 0 aliphatic rings. The van der Waals surface area contributed by atoms with Crippen LogP contribution in [-0.4, -0.2) is 5.91 Å². The normalized spacial score (nSPS) is 10.1. The molecule has 0 heterocycles. The third-order valence-electron chi connectivity index (χ3n) is 2.43. The average Bonchev–Trinajstić information content (AvgIpc) is 2.35. The zero-order valence-corrected chi connectivity index (χ0v) is 12.4. The van der Waals surface area contributed by atoms with Gasteiger partial charge in [0.2, 0.25) is 5.91 Å². The van der Waals surface area contributed by atoms with E-state index < -0.39 is 0 Å². The van der Waals surface area contributed by atoms with Gasteiger partial charge in [0.15, 0.2) is 0 Å². The molecule has 0 spiro atoms. The molecule has 2 rings (SSSR count). The summed E-state index contributed by atoms with van der Waals surface area (Å²) in [6, 6.07) is 15.0. The lowest BCUT2D eigenvalue weighted by molar-refractivity contribution is -0.115. The number of nitrogens with one attached hydrogen (secondary N) is 1. The van der Waals surface area contributed by atoms with Crippen LogP contribution < -0.4 is 5.32 Å². The molecule has 1 N–H and O–H groups in total. The SMILES string of the molecule is O=C(Cc1ccc(Cl)cc1)Nc1ccccc1I. The first kappa shape index (κ1) is 13.4. The monoisotopic (exact) mass is 371 g/mol. The van der Waals surface area contributed by atoms with Gasteiger partial charge >= 0.3 is 0 Å². The number of halogens is 2. The summed E-state index contributed by atoms with van der Waals surface area (Å²) in [6.45, 7) is 0. The molecular weight excluding hydrogens is 361 g/mol. The molecule has 4 heteroatoms. The molecule has 92 valence electrons. The molecule has 0 unspecified atom stereocenters. The third-order valence-corrected chi connectivity index (χ3v) is 3.62. The Labute approximate surface area is 124 Å². The van der Waals surface area contributed by atoms with Crippen molar-refractivity contribution >= 4 is 45.8 Å². The van der Waals surface area contributed by atoms with E-state index in [1.165, 1.54) is 0 Å². The standard InChI is InChI=1S/C14H11ClINO/c15-11-7-5-10(6-8-11)9-14(18)17-13-4-2-1-3-12(13)16/h1-8H,9H2,(H,17,18). The lowest BCUT2D eigenvalue weighted by Crippen LogP contribution is -2.15. The number of rotatable bonds is 3. The van der Waals surface area contributed by atoms with Gasteiger partial charge in [0.25, 0.3) is 0 Å². The van der Waals surface area contributed by atoms with Gasteiger partial charge in [0, 0.05) is 8.59 Å². The van der Waals surface area contributed by atoms with Crippen molar-refractivity contribution in [2.24, 2.45) is 0 Å². The van der Waals surface area contributed by atoms with Crippen molar-refractivity contribution in [2.75, 3.05) is 5.32 Å². The quantitative estimate of drug-likeness (QED) is 0.808. The molecule has 2 aromatic carbocycles. The van der Waals surface area contributed by atoms with Crippen LogP contribution >= 0.6 is 34.2 Å². The van der Waals surface area contributed by atoms with E-state index in [9.17, 15) is 4.79 Å². The molecule has 2 nitrogen and oxygen atoms in total. The molecule has 0 saturated heterocycles. The average molecular weight is 372 g/mol. The molecule has 0 aliphatic carbocycles. The highest BCUT2D eigenvalue weighted by atomic mass is 127. The van der Waals surface area contributed by atoms with Crippen molar-refractivity contribution in [1.29, 1.82) is 0 Å². The first-order valence-electron chi connectivity index (χ1n) is 5.44. The van der Waals surface area contributed by atoms with Crippen LogP contribution in [0.3, 0.4) is 0 Å². The van der Waals surface area contributed by atoms with Gasteiger partial charge in [-0.3, -0.25) is 4.79 Å². The number of hydrogen-bond acceptors (Lipinski definition) is 1. The molecule has 0 saturated carbocycles. The summed E-state index contributed by atoms with van der Waals surface area (Å²) < 4.78 is 1.03. The Hall–Kier alpha value is -1.07. The van der Waals surface area contributed by atoms with E-state index in [2.05, 4.69) is 27.9 Å². The van der Waals surface area contributed by atoms with E-state index >= 15 is 0 Å². The summed E-state index contributed by atoms with van der Waals surface area (Å²) in [5.74, 6) is -0.0264. The number of hydrogen-bond donors (Lipinski definition) is 1. The Morgan fingerprint density at radius 1 is 1.11 bits per heavy atom.